The number of rotatable bonds is 3. The molecule has 0 radical (unpaired) electrons. The quantitative estimate of drug-likeness (QED) is 0.941. The van der Waals surface area contributed by atoms with Crippen LogP contribution in [0.3, 0.4) is 0 Å². The van der Waals surface area contributed by atoms with Crippen molar-refractivity contribution in [3.8, 4) is 5.75 Å². The van der Waals surface area contributed by atoms with Gasteiger partial charge in [0.05, 0.1) is 17.2 Å². The Labute approximate surface area is 128 Å². The molecule has 1 heterocycles. The van der Waals surface area contributed by atoms with Gasteiger partial charge in [-0.25, -0.2) is 8.42 Å². The minimum absolute atomic E-state index is 0.228. The Balaban J connectivity index is 1.91. The van der Waals surface area contributed by atoms with E-state index in [9.17, 15) is 8.42 Å². The van der Waals surface area contributed by atoms with Crippen LogP contribution in [0.25, 0.3) is 0 Å². The van der Waals surface area contributed by atoms with Crippen LogP contribution in [0.5, 0.6) is 5.75 Å². The molecule has 0 aliphatic carbocycles. The normalized spacial score (nSPS) is 14.1. The smallest absolute Gasteiger partial charge is 0.261 e. The van der Waals surface area contributed by atoms with Crippen molar-refractivity contribution in [2.24, 2.45) is 0 Å². The third-order valence-corrected chi connectivity index (χ3v) is 4.88. The van der Waals surface area contributed by atoms with E-state index in [-0.39, 0.29) is 4.90 Å². The standard InChI is InChI=1S/C15H14ClNO3S/c16-12-4-1-5-13(10-12)17-21(18,19)14-6-7-15-11(9-14)3-2-8-20-15/h1,4-7,9-10,17H,2-3,8H2. The van der Waals surface area contributed by atoms with Crippen molar-refractivity contribution in [3.63, 3.8) is 0 Å². The van der Waals surface area contributed by atoms with Gasteiger partial charge in [-0.2, -0.15) is 0 Å². The summed E-state index contributed by atoms with van der Waals surface area (Å²) in [5.74, 6) is 0.767. The first-order valence-corrected chi connectivity index (χ1v) is 8.45. The number of nitrogens with one attached hydrogen (secondary N) is 1. The minimum atomic E-state index is -3.63. The summed E-state index contributed by atoms with van der Waals surface area (Å²) in [4.78, 5) is 0.228. The average Bonchev–Trinajstić information content (AvgIpc) is 2.46. The first-order chi connectivity index (χ1) is 10.0. The zero-order chi connectivity index (χ0) is 14.9. The molecule has 4 nitrogen and oxygen atoms in total. The van der Waals surface area contributed by atoms with Crippen molar-refractivity contribution in [1.29, 1.82) is 0 Å². The van der Waals surface area contributed by atoms with E-state index >= 15 is 0 Å². The Kier molecular flexibility index (Phi) is 3.78. The summed E-state index contributed by atoms with van der Waals surface area (Å²) in [6.07, 6.45) is 1.73. The van der Waals surface area contributed by atoms with Gasteiger partial charge in [0.2, 0.25) is 0 Å². The van der Waals surface area contributed by atoms with E-state index in [4.69, 9.17) is 16.3 Å². The van der Waals surface area contributed by atoms with Crippen LogP contribution < -0.4 is 9.46 Å². The monoisotopic (exact) mass is 323 g/mol. The first kappa shape index (κ1) is 14.2. The maximum Gasteiger partial charge on any atom is 0.261 e. The second-order valence-electron chi connectivity index (χ2n) is 4.84. The van der Waals surface area contributed by atoms with E-state index < -0.39 is 10.0 Å². The molecule has 0 aromatic heterocycles. The molecular weight excluding hydrogens is 310 g/mol. The molecule has 3 rings (SSSR count). The van der Waals surface area contributed by atoms with E-state index in [1.165, 1.54) is 0 Å². The molecule has 110 valence electrons. The zero-order valence-electron chi connectivity index (χ0n) is 11.2. The van der Waals surface area contributed by atoms with Crippen LogP contribution in [0.4, 0.5) is 5.69 Å². The van der Waals surface area contributed by atoms with Crippen LogP contribution in [-0.4, -0.2) is 15.0 Å². The summed E-state index contributed by atoms with van der Waals surface area (Å²) < 4.78 is 32.8. The molecule has 0 spiro atoms. The number of aryl methyl sites for hydroxylation is 1. The Morgan fingerprint density at radius 2 is 2.00 bits per heavy atom. The molecule has 1 aliphatic rings. The highest BCUT2D eigenvalue weighted by Crippen LogP contribution is 2.28. The van der Waals surface area contributed by atoms with Crippen LogP contribution >= 0.6 is 11.6 Å². The molecule has 0 saturated heterocycles. The van der Waals surface area contributed by atoms with E-state index in [0.717, 1.165) is 24.2 Å². The van der Waals surface area contributed by atoms with Crippen molar-refractivity contribution in [3.05, 3.63) is 53.1 Å². The number of ether oxygens (including phenoxy) is 1. The summed E-state index contributed by atoms with van der Waals surface area (Å²) in [7, 11) is -3.63. The summed E-state index contributed by atoms with van der Waals surface area (Å²) in [6.45, 7) is 0.680. The highest BCUT2D eigenvalue weighted by atomic mass is 35.5. The van der Waals surface area contributed by atoms with Crippen LogP contribution in [0, 0.1) is 0 Å². The third-order valence-electron chi connectivity index (χ3n) is 3.27. The fraction of sp³-hybridized carbons (Fsp3) is 0.200. The van der Waals surface area contributed by atoms with Gasteiger partial charge in [0.15, 0.2) is 0 Å². The lowest BCUT2D eigenvalue weighted by Crippen LogP contribution is -2.15. The lowest BCUT2D eigenvalue weighted by molar-refractivity contribution is 0.288. The molecule has 2 aromatic carbocycles. The van der Waals surface area contributed by atoms with Gasteiger partial charge in [-0.3, -0.25) is 4.72 Å². The zero-order valence-corrected chi connectivity index (χ0v) is 12.7. The maximum absolute atomic E-state index is 12.4. The molecule has 0 fully saturated rings. The largest absolute Gasteiger partial charge is 0.493 e. The second kappa shape index (κ2) is 5.58. The summed E-state index contributed by atoms with van der Waals surface area (Å²) >= 11 is 5.86. The predicted octanol–water partition coefficient (Wildman–Crippen LogP) is 3.47. The Morgan fingerprint density at radius 1 is 1.14 bits per heavy atom. The molecule has 2 aromatic rings. The van der Waals surface area contributed by atoms with Crippen molar-refractivity contribution in [2.45, 2.75) is 17.7 Å². The van der Waals surface area contributed by atoms with Crippen molar-refractivity contribution >= 4 is 27.3 Å². The topological polar surface area (TPSA) is 55.4 Å². The molecule has 1 N–H and O–H groups in total. The Hall–Kier alpha value is -1.72. The highest BCUT2D eigenvalue weighted by molar-refractivity contribution is 7.92. The molecule has 6 heteroatoms. The number of halogens is 1. The fourth-order valence-electron chi connectivity index (χ4n) is 2.27. The van der Waals surface area contributed by atoms with Crippen LogP contribution in [0.2, 0.25) is 5.02 Å². The Morgan fingerprint density at radius 3 is 2.81 bits per heavy atom. The first-order valence-electron chi connectivity index (χ1n) is 6.59. The van der Waals surface area contributed by atoms with Gasteiger partial charge in [0, 0.05) is 5.02 Å². The van der Waals surface area contributed by atoms with Gasteiger partial charge in [0.1, 0.15) is 5.75 Å². The molecule has 0 saturated carbocycles. The van der Waals surface area contributed by atoms with Crippen molar-refractivity contribution < 1.29 is 13.2 Å². The van der Waals surface area contributed by atoms with Crippen LogP contribution in [-0.2, 0) is 16.4 Å². The summed E-state index contributed by atoms with van der Waals surface area (Å²) in [6, 6.07) is 11.5. The third kappa shape index (κ3) is 3.14. The molecule has 0 atom stereocenters. The lowest BCUT2D eigenvalue weighted by Gasteiger charge is -2.18. The number of anilines is 1. The van der Waals surface area contributed by atoms with E-state index in [2.05, 4.69) is 4.72 Å². The predicted molar refractivity (Wildman–Crippen MR) is 82.5 cm³/mol. The van der Waals surface area contributed by atoms with Crippen molar-refractivity contribution in [2.75, 3.05) is 11.3 Å². The van der Waals surface area contributed by atoms with Crippen LogP contribution in [0.15, 0.2) is 47.4 Å². The summed E-state index contributed by atoms with van der Waals surface area (Å²) in [5, 5.41) is 0.481. The summed E-state index contributed by atoms with van der Waals surface area (Å²) in [5.41, 5.74) is 1.37. The molecule has 21 heavy (non-hydrogen) atoms. The maximum atomic E-state index is 12.4. The lowest BCUT2D eigenvalue weighted by atomic mass is 10.1. The number of hydrogen-bond acceptors (Lipinski definition) is 3. The number of sulfonamides is 1. The average molecular weight is 324 g/mol. The van der Waals surface area contributed by atoms with E-state index in [1.807, 2.05) is 0 Å². The van der Waals surface area contributed by atoms with Gasteiger partial charge < -0.3 is 4.74 Å². The van der Waals surface area contributed by atoms with E-state index in [0.29, 0.717) is 17.3 Å². The Bertz CT molecular complexity index is 774. The number of hydrogen-bond donors (Lipinski definition) is 1. The minimum Gasteiger partial charge on any atom is -0.493 e. The SMILES string of the molecule is O=S(=O)(Nc1cccc(Cl)c1)c1ccc2c(c1)CCCO2. The molecule has 0 unspecified atom stereocenters. The highest BCUT2D eigenvalue weighted by Gasteiger charge is 2.18. The van der Waals surface area contributed by atoms with Gasteiger partial charge >= 0.3 is 0 Å². The fourth-order valence-corrected chi connectivity index (χ4v) is 3.56. The number of benzene rings is 2. The van der Waals surface area contributed by atoms with Gasteiger partial charge in [-0.1, -0.05) is 17.7 Å². The van der Waals surface area contributed by atoms with E-state index in [1.54, 1.807) is 42.5 Å². The molecule has 0 bridgehead atoms. The van der Waals surface area contributed by atoms with Crippen LogP contribution in [0.1, 0.15) is 12.0 Å². The van der Waals surface area contributed by atoms with Gasteiger partial charge in [-0.05, 0) is 54.8 Å². The molecule has 0 amide bonds. The van der Waals surface area contributed by atoms with Gasteiger partial charge in [0.25, 0.3) is 10.0 Å². The van der Waals surface area contributed by atoms with Gasteiger partial charge in [-0.15, -0.1) is 0 Å². The van der Waals surface area contributed by atoms with Crippen molar-refractivity contribution in [1.82, 2.24) is 0 Å². The molecular formula is C15H14ClNO3S. The molecule has 1 aliphatic heterocycles. The second-order valence-corrected chi connectivity index (χ2v) is 6.96. The number of fused-ring (bicyclic) bond motifs is 1.